The van der Waals surface area contributed by atoms with Crippen molar-refractivity contribution in [2.75, 3.05) is 62.8 Å². The SMILES string of the molecule is CC(C)Nc1cccnc1N1CCN(C(=O)c2ccc(C(=O)NCCOCCO)cc2)CC1. The van der Waals surface area contributed by atoms with Gasteiger partial charge in [0.25, 0.3) is 11.8 Å². The second kappa shape index (κ2) is 12.2. The molecule has 178 valence electrons. The Morgan fingerprint density at radius 1 is 1.06 bits per heavy atom. The van der Waals surface area contributed by atoms with Crippen molar-refractivity contribution >= 4 is 23.3 Å². The Labute approximate surface area is 194 Å². The van der Waals surface area contributed by atoms with Crippen LogP contribution in [0.15, 0.2) is 42.6 Å². The second-order valence-electron chi connectivity index (χ2n) is 8.12. The minimum atomic E-state index is -0.226. The van der Waals surface area contributed by atoms with Crippen LogP contribution in [0.3, 0.4) is 0 Å². The predicted octanol–water partition coefficient (Wildman–Crippen LogP) is 1.60. The number of hydrogen-bond donors (Lipinski definition) is 3. The molecule has 0 aliphatic carbocycles. The summed E-state index contributed by atoms with van der Waals surface area (Å²) < 4.78 is 5.12. The van der Waals surface area contributed by atoms with E-state index in [1.54, 1.807) is 30.5 Å². The molecule has 1 aliphatic heterocycles. The van der Waals surface area contributed by atoms with Crippen molar-refractivity contribution in [3.8, 4) is 0 Å². The van der Waals surface area contributed by atoms with Crippen LogP contribution in [0.1, 0.15) is 34.6 Å². The van der Waals surface area contributed by atoms with Gasteiger partial charge < -0.3 is 30.3 Å². The lowest BCUT2D eigenvalue weighted by molar-refractivity contribution is 0.0745. The van der Waals surface area contributed by atoms with E-state index in [0.29, 0.717) is 56.5 Å². The Bertz CT molecular complexity index is 911. The van der Waals surface area contributed by atoms with E-state index in [1.165, 1.54) is 0 Å². The maximum absolute atomic E-state index is 13.0. The van der Waals surface area contributed by atoms with Crippen molar-refractivity contribution in [3.05, 3.63) is 53.7 Å². The molecule has 2 amide bonds. The van der Waals surface area contributed by atoms with Crippen LogP contribution in [0, 0.1) is 0 Å². The predicted molar refractivity (Wildman–Crippen MR) is 128 cm³/mol. The molecule has 0 saturated carbocycles. The Balaban J connectivity index is 1.52. The third-order valence-corrected chi connectivity index (χ3v) is 5.26. The minimum Gasteiger partial charge on any atom is -0.394 e. The number of carbonyl (C=O) groups is 2. The fraction of sp³-hybridized carbons (Fsp3) is 0.458. The van der Waals surface area contributed by atoms with Crippen LogP contribution in [0.4, 0.5) is 11.5 Å². The van der Waals surface area contributed by atoms with Crippen molar-refractivity contribution in [1.29, 1.82) is 0 Å². The molecule has 1 fully saturated rings. The summed E-state index contributed by atoms with van der Waals surface area (Å²) in [4.78, 5) is 33.7. The van der Waals surface area contributed by atoms with E-state index < -0.39 is 0 Å². The number of anilines is 2. The molecule has 9 nitrogen and oxygen atoms in total. The van der Waals surface area contributed by atoms with Crippen LogP contribution in [-0.4, -0.2) is 85.4 Å². The average Bonchev–Trinajstić information content (AvgIpc) is 2.83. The first kappa shape index (κ1) is 24.5. The maximum atomic E-state index is 13.0. The number of carbonyl (C=O) groups excluding carboxylic acids is 2. The molecule has 9 heteroatoms. The highest BCUT2D eigenvalue weighted by molar-refractivity contribution is 5.98. The number of hydrogen-bond acceptors (Lipinski definition) is 7. The molecule has 0 radical (unpaired) electrons. The minimum absolute atomic E-state index is 0.0411. The smallest absolute Gasteiger partial charge is 0.253 e. The van der Waals surface area contributed by atoms with Gasteiger partial charge in [0.05, 0.1) is 25.5 Å². The largest absolute Gasteiger partial charge is 0.394 e. The number of ether oxygens (including phenoxy) is 1. The van der Waals surface area contributed by atoms with E-state index in [9.17, 15) is 9.59 Å². The molecule has 3 N–H and O–H groups in total. The first-order valence-electron chi connectivity index (χ1n) is 11.3. The van der Waals surface area contributed by atoms with Crippen LogP contribution >= 0.6 is 0 Å². The van der Waals surface area contributed by atoms with Gasteiger partial charge in [0, 0.05) is 56.1 Å². The van der Waals surface area contributed by atoms with Crippen molar-refractivity contribution in [3.63, 3.8) is 0 Å². The van der Waals surface area contributed by atoms with E-state index in [2.05, 4.69) is 34.4 Å². The molecule has 0 bridgehead atoms. The molecular formula is C24H33N5O4. The topological polar surface area (TPSA) is 107 Å². The summed E-state index contributed by atoms with van der Waals surface area (Å²) in [6, 6.07) is 10.9. The zero-order chi connectivity index (χ0) is 23.6. The molecule has 1 aliphatic rings. The third kappa shape index (κ3) is 6.90. The Kier molecular flexibility index (Phi) is 9.03. The Morgan fingerprint density at radius 3 is 2.42 bits per heavy atom. The summed E-state index contributed by atoms with van der Waals surface area (Å²) in [5, 5.41) is 14.9. The summed E-state index contributed by atoms with van der Waals surface area (Å²) in [7, 11) is 0. The average molecular weight is 456 g/mol. The number of pyridine rings is 1. The lowest BCUT2D eigenvalue weighted by Gasteiger charge is -2.36. The molecule has 2 heterocycles. The van der Waals surface area contributed by atoms with Gasteiger partial charge in [0.1, 0.15) is 0 Å². The van der Waals surface area contributed by atoms with Crippen molar-refractivity contribution < 1.29 is 19.4 Å². The molecule has 1 saturated heterocycles. The fourth-order valence-corrected chi connectivity index (χ4v) is 3.65. The summed E-state index contributed by atoms with van der Waals surface area (Å²) >= 11 is 0. The van der Waals surface area contributed by atoms with Gasteiger partial charge in [0.15, 0.2) is 5.82 Å². The first-order chi connectivity index (χ1) is 16.0. The van der Waals surface area contributed by atoms with Gasteiger partial charge in [-0.1, -0.05) is 0 Å². The zero-order valence-electron chi connectivity index (χ0n) is 19.3. The quantitative estimate of drug-likeness (QED) is 0.467. The van der Waals surface area contributed by atoms with E-state index >= 15 is 0 Å². The standard InChI is InChI=1S/C24H33N5O4/c1-18(2)27-21-4-3-9-25-22(21)28-11-13-29(14-12-28)24(32)20-7-5-19(6-8-20)23(31)26-10-16-33-17-15-30/h3-9,18,27,30H,10-17H2,1-2H3,(H,26,31). The third-order valence-electron chi connectivity index (χ3n) is 5.26. The van der Waals surface area contributed by atoms with Gasteiger partial charge in [-0.25, -0.2) is 4.98 Å². The molecule has 0 atom stereocenters. The molecule has 2 aromatic rings. The number of piperazine rings is 1. The van der Waals surface area contributed by atoms with Crippen LogP contribution in [0.25, 0.3) is 0 Å². The molecule has 1 aromatic carbocycles. The molecular weight excluding hydrogens is 422 g/mol. The number of aromatic nitrogens is 1. The Morgan fingerprint density at radius 2 is 1.76 bits per heavy atom. The molecule has 0 spiro atoms. The van der Waals surface area contributed by atoms with Gasteiger partial charge in [-0.05, 0) is 50.2 Å². The Hall–Kier alpha value is -3.17. The van der Waals surface area contributed by atoms with E-state index in [1.807, 2.05) is 17.0 Å². The van der Waals surface area contributed by atoms with Gasteiger partial charge in [-0.15, -0.1) is 0 Å². The van der Waals surface area contributed by atoms with E-state index in [0.717, 1.165) is 11.5 Å². The highest BCUT2D eigenvalue weighted by Gasteiger charge is 2.24. The van der Waals surface area contributed by atoms with Crippen molar-refractivity contribution in [2.45, 2.75) is 19.9 Å². The number of aliphatic hydroxyl groups is 1. The van der Waals surface area contributed by atoms with Gasteiger partial charge in [-0.2, -0.15) is 0 Å². The van der Waals surface area contributed by atoms with E-state index in [4.69, 9.17) is 9.84 Å². The summed E-state index contributed by atoms with van der Waals surface area (Å²) in [6.45, 7) is 7.70. The number of aliphatic hydroxyl groups excluding tert-OH is 1. The normalized spacial score (nSPS) is 13.8. The lowest BCUT2D eigenvalue weighted by Crippen LogP contribution is -2.49. The molecule has 0 unspecified atom stereocenters. The zero-order valence-corrected chi connectivity index (χ0v) is 19.3. The highest BCUT2D eigenvalue weighted by Crippen LogP contribution is 2.25. The van der Waals surface area contributed by atoms with Gasteiger partial charge in [-0.3, -0.25) is 9.59 Å². The van der Waals surface area contributed by atoms with Crippen LogP contribution < -0.4 is 15.5 Å². The van der Waals surface area contributed by atoms with Crippen LogP contribution in [-0.2, 0) is 4.74 Å². The number of nitrogens with one attached hydrogen (secondary N) is 2. The number of rotatable bonds is 10. The maximum Gasteiger partial charge on any atom is 0.253 e. The molecule has 33 heavy (non-hydrogen) atoms. The highest BCUT2D eigenvalue weighted by atomic mass is 16.5. The number of nitrogens with zero attached hydrogens (tertiary/aromatic N) is 3. The van der Waals surface area contributed by atoms with E-state index in [-0.39, 0.29) is 25.0 Å². The summed E-state index contributed by atoms with van der Waals surface area (Å²) in [5.74, 6) is 0.646. The van der Waals surface area contributed by atoms with Crippen LogP contribution in [0.2, 0.25) is 0 Å². The van der Waals surface area contributed by atoms with Gasteiger partial charge >= 0.3 is 0 Å². The monoisotopic (exact) mass is 455 g/mol. The summed E-state index contributed by atoms with van der Waals surface area (Å²) in [6.07, 6.45) is 1.79. The molecule has 1 aromatic heterocycles. The number of benzene rings is 1. The van der Waals surface area contributed by atoms with Crippen molar-refractivity contribution in [2.24, 2.45) is 0 Å². The fourth-order valence-electron chi connectivity index (χ4n) is 3.65. The summed E-state index contributed by atoms with van der Waals surface area (Å²) in [5.41, 5.74) is 2.05. The lowest BCUT2D eigenvalue weighted by atomic mass is 10.1. The second-order valence-corrected chi connectivity index (χ2v) is 8.12. The van der Waals surface area contributed by atoms with Crippen molar-refractivity contribution in [1.82, 2.24) is 15.2 Å². The first-order valence-corrected chi connectivity index (χ1v) is 11.3. The molecule has 3 rings (SSSR count). The van der Waals surface area contributed by atoms with Gasteiger partial charge in [0.2, 0.25) is 0 Å². The van der Waals surface area contributed by atoms with Crippen LogP contribution in [0.5, 0.6) is 0 Å². The number of amides is 2.